The number of non-ortho nitro benzene ring substituents is 1. The van der Waals surface area contributed by atoms with Gasteiger partial charge in [-0.15, -0.1) is 0 Å². The Bertz CT molecular complexity index is 1040. The molecule has 0 radical (unpaired) electrons. The Kier molecular flexibility index (Phi) is 5.33. The van der Waals surface area contributed by atoms with Crippen molar-refractivity contribution in [2.75, 3.05) is 0 Å². The zero-order valence-electron chi connectivity index (χ0n) is 14.8. The maximum absolute atomic E-state index is 10.9. The Morgan fingerprint density at radius 1 is 1.19 bits per heavy atom. The predicted octanol–water partition coefficient (Wildman–Crippen LogP) is 5.59. The molecule has 0 spiro atoms. The summed E-state index contributed by atoms with van der Waals surface area (Å²) in [6, 6.07) is 15.8. The number of allylic oxidation sites excluding steroid dienone is 3. The molecule has 1 atom stereocenters. The van der Waals surface area contributed by atoms with E-state index < -0.39 is 11.0 Å². The van der Waals surface area contributed by atoms with E-state index in [1.807, 2.05) is 43.3 Å². The van der Waals surface area contributed by atoms with Gasteiger partial charge in [-0.2, -0.15) is 0 Å². The van der Waals surface area contributed by atoms with Gasteiger partial charge in [0, 0.05) is 17.5 Å². The lowest BCUT2D eigenvalue weighted by Gasteiger charge is -2.08. The van der Waals surface area contributed by atoms with E-state index in [1.165, 1.54) is 18.2 Å². The summed E-state index contributed by atoms with van der Waals surface area (Å²) in [4.78, 5) is 10.4. The van der Waals surface area contributed by atoms with Gasteiger partial charge in [0.05, 0.1) is 4.92 Å². The maximum Gasteiger partial charge on any atom is 0.270 e. The zero-order chi connectivity index (χ0) is 19.4. The van der Waals surface area contributed by atoms with Gasteiger partial charge in [-0.25, -0.2) is 0 Å². The van der Waals surface area contributed by atoms with Crippen LogP contribution in [0, 0.1) is 10.1 Å². The fraction of sp³-hybridized carbons (Fsp3) is 0.0909. The molecule has 1 aromatic heterocycles. The van der Waals surface area contributed by atoms with Crippen molar-refractivity contribution in [1.82, 2.24) is 0 Å². The van der Waals surface area contributed by atoms with Crippen molar-refractivity contribution >= 4 is 22.2 Å². The van der Waals surface area contributed by atoms with Crippen molar-refractivity contribution in [3.63, 3.8) is 0 Å². The van der Waals surface area contributed by atoms with Crippen LogP contribution in [0.5, 0.6) is 0 Å². The third-order valence-corrected chi connectivity index (χ3v) is 4.31. The molecule has 0 aliphatic rings. The lowest BCUT2D eigenvalue weighted by molar-refractivity contribution is -0.384. The molecule has 0 bridgehead atoms. The molecular formula is C22H19NO4. The number of furan rings is 1. The van der Waals surface area contributed by atoms with E-state index in [-0.39, 0.29) is 5.69 Å². The lowest BCUT2D eigenvalue weighted by atomic mass is 10.0. The molecule has 27 heavy (non-hydrogen) atoms. The fourth-order valence-corrected chi connectivity index (χ4v) is 2.75. The number of rotatable bonds is 6. The standard InChI is InChI=1S/C22H19NO4/c1-3-16(10-9-15(2)17-7-5-4-6-8-17)22(24)21-14-18-13-19(23(25)26)11-12-20(18)27-21/h3-14,22,24H,1H2,2H3/b15-9+,16-10+. The van der Waals surface area contributed by atoms with Gasteiger partial charge in [0.15, 0.2) is 0 Å². The average molecular weight is 361 g/mol. The molecule has 0 aliphatic heterocycles. The molecule has 1 unspecified atom stereocenters. The molecule has 136 valence electrons. The molecule has 5 nitrogen and oxygen atoms in total. The van der Waals surface area contributed by atoms with Crippen molar-refractivity contribution in [1.29, 1.82) is 0 Å². The molecule has 0 aliphatic carbocycles. The number of nitrogens with zero attached hydrogens (tertiary/aromatic N) is 1. The van der Waals surface area contributed by atoms with Crippen LogP contribution < -0.4 is 0 Å². The molecule has 3 rings (SSSR count). The topological polar surface area (TPSA) is 76.5 Å². The minimum atomic E-state index is -1.02. The summed E-state index contributed by atoms with van der Waals surface area (Å²) >= 11 is 0. The van der Waals surface area contributed by atoms with Crippen LogP contribution in [0.15, 0.2) is 89.4 Å². The maximum atomic E-state index is 10.9. The Morgan fingerprint density at radius 2 is 1.93 bits per heavy atom. The highest BCUT2D eigenvalue weighted by Gasteiger charge is 2.17. The predicted molar refractivity (Wildman–Crippen MR) is 106 cm³/mol. The number of hydrogen-bond acceptors (Lipinski definition) is 4. The smallest absolute Gasteiger partial charge is 0.270 e. The van der Waals surface area contributed by atoms with Crippen LogP contribution in [0.4, 0.5) is 5.69 Å². The minimum absolute atomic E-state index is 0.0229. The Hall–Kier alpha value is -3.44. The Balaban J connectivity index is 1.90. The van der Waals surface area contributed by atoms with Crippen LogP contribution >= 0.6 is 0 Å². The third-order valence-electron chi connectivity index (χ3n) is 4.31. The van der Waals surface area contributed by atoms with E-state index in [1.54, 1.807) is 18.2 Å². The molecule has 0 amide bonds. The monoisotopic (exact) mass is 361 g/mol. The van der Waals surface area contributed by atoms with Gasteiger partial charge in [-0.3, -0.25) is 10.1 Å². The number of fused-ring (bicyclic) bond motifs is 1. The SMILES string of the molecule is C=C/C(=C\C=C(/C)c1ccccc1)C(O)c1cc2cc([N+](=O)[O-])ccc2o1. The molecule has 1 heterocycles. The Morgan fingerprint density at radius 3 is 2.59 bits per heavy atom. The van der Waals surface area contributed by atoms with E-state index in [9.17, 15) is 15.2 Å². The van der Waals surface area contributed by atoms with E-state index in [0.717, 1.165) is 11.1 Å². The normalized spacial score (nSPS) is 13.6. The molecule has 0 saturated carbocycles. The summed E-state index contributed by atoms with van der Waals surface area (Å²) in [5, 5.41) is 22.1. The first-order chi connectivity index (χ1) is 13.0. The van der Waals surface area contributed by atoms with Crippen LogP contribution in [0.25, 0.3) is 16.5 Å². The summed E-state index contributed by atoms with van der Waals surface area (Å²) in [6.07, 6.45) is 4.24. The van der Waals surface area contributed by atoms with Gasteiger partial charge >= 0.3 is 0 Å². The van der Waals surface area contributed by atoms with Crippen molar-refractivity contribution in [2.45, 2.75) is 13.0 Å². The van der Waals surface area contributed by atoms with Gasteiger partial charge < -0.3 is 9.52 Å². The first-order valence-corrected chi connectivity index (χ1v) is 8.42. The number of aliphatic hydroxyl groups is 1. The summed E-state index contributed by atoms with van der Waals surface area (Å²) in [5.41, 5.74) is 3.16. The van der Waals surface area contributed by atoms with Gasteiger partial charge in [0.2, 0.25) is 0 Å². The van der Waals surface area contributed by atoms with Gasteiger partial charge in [-0.05, 0) is 35.8 Å². The first-order valence-electron chi connectivity index (χ1n) is 8.42. The molecule has 2 aromatic carbocycles. The Labute approximate surface area is 156 Å². The second-order valence-corrected chi connectivity index (χ2v) is 6.12. The summed E-state index contributed by atoms with van der Waals surface area (Å²) in [5.74, 6) is 0.308. The number of hydrogen-bond donors (Lipinski definition) is 1. The molecule has 0 fully saturated rings. The number of benzene rings is 2. The highest BCUT2D eigenvalue weighted by Crippen LogP contribution is 2.31. The van der Waals surface area contributed by atoms with E-state index >= 15 is 0 Å². The second kappa shape index (κ2) is 7.85. The highest BCUT2D eigenvalue weighted by atomic mass is 16.6. The van der Waals surface area contributed by atoms with E-state index in [2.05, 4.69) is 6.58 Å². The van der Waals surface area contributed by atoms with Crippen molar-refractivity contribution < 1.29 is 14.4 Å². The third kappa shape index (κ3) is 4.04. The largest absolute Gasteiger partial charge is 0.458 e. The number of aliphatic hydroxyl groups excluding tert-OH is 1. The number of nitro benzene ring substituents is 1. The fourth-order valence-electron chi connectivity index (χ4n) is 2.75. The molecular weight excluding hydrogens is 342 g/mol. The van der Waals surface area contributed by atoms with Crippen LogP contribution in [0.2, 0.25) is 0 Å². The first kappa shape index (κ1) is 18.4. The zero-order valence-corrected chi connectivity index (χ0v) is 14.8. The summed E-state index contributed by atoms with van der Waals surface area (Å²) in [7, 11) is 0. The molecule has 3 aromatic rings. The molecule has 5 heteroatoms. The van der Waals surface area contributed by atoms with Gasteiger partial charge in [0.25, 0.3) is 5.69 Å². The van der Waals surface area contributed by atoms with Crippen molar-refractivity contribution in [3.8, 4) is 0 Å². The van der Waals surface area contributed by atoms with Crippen molar-refractivity contribution in [3.05, 3.63) is 106 Å². The van der Waals surface area contributed by atoms with Crippen molar-refractivity contribution in [2.24, 2.45) is 0 Å². The van der Waals surface area contributed by atoms with E-state index in [4.69, 9.17) is 4.42 Å². The molecule has 1 N–H and O–H groups in total. The van der Waals surface area contributed by atoms with Gasteiger partial charge in [-0.1, -0.05) is 55.1 Å². The van der Waals surface area contributed by atoms with Crippen LogP contribution in [0.3, 0.4) is 0 Å². The number of nitro groups is 1. The summed E-state index contributed by atoms with van der Waals surface area (Å²) < 4.78 is 5.66. The molecule has 0 saturated heterocycles. The van der Waals surface area contributed by atoms with Gasteiger partial charge in [0.1, 0.15) is 17.4 Å². The van der Waals surface area contributed by atoms with E-state index in [0.29, 0.717) is 22.3 Å². The average Bonchev–Trinajstić information content (AvgIpc) is 3.12. The van der Waals surface area contributed by atoms with Crippen LogP contribution in [0.1, 0.15) is 24.4 Å². The summed E-state index contributed by atoms with van der Waals surface area (Å²) in [6.45, 7) is 5.75. The quantitative estimate of drug-likeness (QED) is 0.353. The van der Waals surface area contributed by atoms with Crippen LogP contribution in [-0.2, 0) is 0 Å². The highest BCUT2D eigenvalue weighted by molar-refractivity contribution is 5.80. The minimum Gasteiger partial charge on any atom is -0.458 e. The second-order valence-electron chi connectivity index (χ2n) is 6.12. The van der Waals surface area contributed by atoms with Crippen LogP contribution in [-0.4, -0.2) is 10.0 Å². The lowest BCUT2D eigenvalue weighted by Crippen LogP contribution is -1.97.